The van der Waals surface area contributed by atoms with Crippen LogP contribution in [0.1, 0.15) is 62.0 Å². The standard InChI is InChI=1S/C24H29N3O2/c1-23(2)13-20(14-24(3,4)27-23)26-22(28)18-11-9-17(10-12-18)16-29-21-8-6-5-7-19(21)15-25/h5-12,20,27H,13-14,16H2,1-4H3,(H,26,28). The molecule has 0 unspecified atom stereocenters. The minimum atomic E-state index is -0.0502. The predicted octanol–water partition coefficient (Wildman–Crippen LogP) is 4.18. The van der Waals surface area contributed by atoms with Gasteiger partial charge in [0.1, 0.15) is 18.4 Å². The summed E-state index contributed by atoms with van der Waals surface area (Å²) >= 11 is 0. The third-order valence-corrected chi connectivity index (χ3v) is 5.14. The van der Waals surface area contributed by atoms with E-state index in [1.165, 1.54) is 0 Å². The highest BCUT2D eigenvalue weighted by Crippen LogP contribution is 2.28. The van der Waals surface area contributed by atoms with Gasteiger partial charge in [-0.1, -0.05) is 24.3 Å². The number of rotatable bonds is 5. The van der Waals surface area contributed by atoms with Gasteiger partial charge in [-0.3, -0.25) is 4.79 Å². The Labute approximate surface area is 173 Å². The minimum absolute atomic E-state index is 0.0133. The second-order valence-electron chi connectivity index (χ2n) is 9.06. The van der Waals surface area contributed by atoms with Crippen LogP contribution in [-0.2, 0) is 6.61 Å². The van der Waals surface area contributed by atoms with Crippen molar-refractivity contribution in [3.63, 3.8) is 0 Å². The lowest BCUT2D eigenvalue weighted by molar-refractivity contribution is 0.0873. The molecule has 1 aliphatic heterocycles. The zero-order chi connectivity index (χ0) is 21.1. The van der Waals surface area contributed by atoms with Crippen LogP contribution in [0.3, 0.4) is 0 Å². The minimum Gasteiger partial charge on any atom is -0.488 e. The molecule has 0 aromatic heterocycles. The van der Waals surface area contributed by atoms with E-state index in [4.69, 9.17) is 10.00 Å². The normalized spacial score (nSPS) is 17.9. The first-order chi connectivity index (χ1) is 13.7. The summed E-state index contributed by atoms with van der Waals surface area (Å²) in [6.07, 6.45) is 1.79. The van der Waals surface area contributed by atoms with Crippen LogP contribution in [0.15, 0.2) is 48.5 Å². The fourth-order valence-electron chi connectivity index (χ4n) is 4.29. The summed E-state index contributed by atoms with van der Waals surface area (Å²) in [6.45, 7) is 9.04. The van der Waals surface area contributed by atoms with E-state index in [-0.39, 0.29) is 23.0 Å². The lowest BCUT2D eigenvalue weighted by Crippen LogP contribution is -2.62. The molecule has 2 aromatic rings. The van der Waals surface area contributed by atoms with Gasteiger partial charge < -0.3 is 15.4 Å². The van der Waals surface area contributed by atoms with Crippen LogP contribution in [0.25, 0.3) is 0 Å². The molecule has 29 heavy (non-hydrogen) atoms. The van der Waals surface area contributed by atoms with Crippen LogP contribution in [0.5, 0.6) is 5.75 Å². The fourth-order valence-corrected chi connectivity index (χ4v) is 4.29. The maximum absolute atomic E-state index is 12.7. The van der Waals surface area contributed by atoms with Crippen molar-refractivity contribution in [1.29, 1.82) is 5.26 Å². The van der Waals surface area contributed by atoms with Crippen molar-refractivity contribution in [3.8, 4) is 11.8 Å². The Bertz CT molecular complexity index is 894. The molecule has 2 N–H and O–H groups in total. The Morgan fingerprint density at radius 2 is 1.72 bits per heavy atom. The highest BCUT2D eigenvalue weighted by Gasteiger charge is 2.38. The lowest BCUT2D eigenvalue weighted by atomic mass is 9.79. The van der Waals surface area contributed by atoms with Crippen molar-refractivity contribution in [3.05, 3.63) is 65.2 Å². The SMILES string of the molecule is CC1(C)CC(NC(=O)c2ccc(COc3ccccc3C#N)cc2)CC(C)(C)N1. The first-order valence-corrected chi connectivity index (χ1v) is 9.99. The van der Waals surface area contributed by atoms with Crippen molar-refractivity contribution >= 4 is 5.91 Å². The molecule has 2 aromatic carbocycles. The Balaban J connectivity index is 1.60. The molecule has 1 fully saturated rings. The zero-order valence-corrected chi connectivity index (χ0v) is 17.6. The Kier molecular flexibility index (Phi) is 5.95. The summed E-state index contributed by atoms with van der Waals surface area (Å²) in [5.74, 6) is 0.513. The van der Waals surface area contributed by atoms with E-state index in [9.17, 15) is 4.79 Å². The van der Waals surface area contributed by atoms with Gasteiger partial charge in [-0.25, -0.2) is 0 Å². The van der Waals surface area contributed by atoms with Gasteiger partial charge in [0.15, 0.2) is 0 Å². The Hall–Kier alpha value is -2.84. The molecule has 5 heteroatoms. The molecular weight excluding hydrogens is 362 g/mol. The predicted molar refractivity (Wildman–Crippen MR) is 114 cm³/mol. The molecule has 3 rings (SSSR count). The third-order valence-electron chi connectivity index (χ3n) is 5.14. The second-order valence-corrected chi connectivity index (χ2v) is 9.06. The van der Waals surface area contributed by atoms with Gasteiger partial charge >= 0.3 is 0 Å². The second kappa shape index (κ2) is 8.26. The van der Waals surface area contributed by atoms with Crippen molar-refractivity contribution < 1.29 is 9.53 Å². The van der Waals surface area contributed by atoms with Crippen molar-refractivity contribution in [2.24, 2.45) is 0 Å². The van der Waals surface area contributed by atoms with Crippen LogP contribution in [0.4, 0.5) is 0 Å². The van der Waals surface area contributed by atoms with E-state index in [1.807, 2.05) is 36.4 Å². The maximum atomic E-state index is 12.7. The van der Waals surface area contributed by atoms with E-state index >= 15 is 0 Å². The lowest BCUT2D eigenvalue weighted by Gasteiger charge is -2.46. The van der Waals surface area contributed by atoms with Crippen molar-refractivity contribution in [1.82, 2.24) is 10.6 Å². The first kappa shape index (κ1) is 20.9. The van der Waals surface area contributed by atoms with Crippen LogP contribution in [-0.4, -0.2) is 23.0 Å². The number of piperidine rings is 1. The van der Waals surface area contributed by atoms with E-state index < -0.39 is 0 Å². The van der Waals surface area contributed by atoms with E-state index in [0.717, 1.165) is 18.4 Å². The number of ether oxygens (including phenoxy) is 1. The number of hydrogen-bond donors (Lipinski definition) is 2. The number of nitrogens with one attached hydrogen (secondary N) is 2. The van der Waals surface area contributed by atoms with Crippen molar-refractivity contribution in [2.75, 3.05) is 0 Å². The number of nitriles is 1. The summed E-state index contributed by atoms with van der Waals surface area (Å²) in [5, 5.41) is 16.0. The van der Waals surface area contributed by atoms with Gasteiger partial charge in [-0.15, -0.1) is 0 Å². The molecule has 0 spiro atoms. The van der Waals surface area contributed by atoms with Gasteiger partial charge in [0.2, 0.25) is 0 Å². The molecule has 1 saturated heterocycles. The number of hydrogen-bond acceptors (Lipinski definition) is 4. The highest BCUT2D eigenvalue weighted by atomic mass is 16.5. The first-order valence-electron chi connectivity index (χ1n) is 9.99. The van der Waals surface area contributed by atoms with Crippen LogP contribution in [0.2, 0.25) is 0 Å². The average molecular weight is 392 g/mol. The number of amides is 1. The van der Waals surface area contributed by atoms with E-state index in [1.54, 1.807) is 12.1 Å². The number of benzene rings is 2. The number of nitrogens with zero attached hydrogens (tertiary/aromatic N) is 1. The summed E-state index contributed by atoms with van der Waals surface area (Å²) in [4.78, 5) is 12.7. The molecule has 1 heterocycles. The Morgan fingerprint density at radius 3 is 2.34 bits per heavy atom. The van der Waals surface area contributed by atoms with Gasteiger partial charge in [0, 0.05) is 22.7 Å². The molecular formula is C24H29N3O2. The summed E-state index contributed by atoms with van der Waals surface area (Å²) in [7, 11) is 0. The largest absolute Gasteiger partial charge is 0.488 e. The van der Waals surface area contributed by atoms with Crippen molar-refractivity contribution in [2.45, 2.75) is 64.3 Å². The maximum Gasteiger partial charge on any atom is 0.251 e. The van der Waals surface area contributed by atoms with Gasteiger partial charge in [0.25, 0.3) is 5.91 Å². The molecule has 5 nitrogen and oxygen atoms in total. The number of para-hydroxylation sites is 1. The highest BCUT2D eigenvalue weighted by molar-refractivity contribution is 5.94. The van der Waals surface area contributed by atoms with Crippen LogP contribution < -0.4 is 15.4 Å². The fraction of sp³-hybridized carbons (Fsp3) is 0.417. The summed E-state index contributed by atoms with van der Waals surface area (Å²) in [5.41, 5.74) is 2.07. The van der Waals surface area contributed by atoms with E-state index in [0.29, 0.717) is 23.5 Å². The molecule has 0 atom stereocenters. The monoisotopic (exact) mass is 391 g/mol. The molecule has 1 amide bonds. The topological polar surface area (TPSA) is 74.1 Å². The zero-order valence-electron chi connectivity index (χ0n) is 17.6. The molecule has 0 aliphatic carbocycles. The number of carbonyl (C=O) groups excluding carboxylic acids is 1. The van der Waals surface area contributed by atoms with Gasteiger partial charge in [-0.05, 0) is 70.4 Å². The van der Waals surface area contributed by atoms with Gasteiger partial charge in [-0.2, -0.15) is 5.26 Å². The molecule has 152 valence electrons. The smallest absolute Gasteiger partial charge is 0.251 e. The van der Waals surface area contributed by atoms with E-state index in [2.05, 4.69) is 44.4 Å². The van der Waals surface area contributed by atoms with Crippen LogP contribution in [0, 0.1) is 11.3 Å². The van der Waals surface area contributed by atoms with Gasteiger partial charge in [0.05, 0.1) is 5.56 Å². The average Bonchev–Trinajstić information content (AvgIpc) is 2.64. The quantitative estimate of drug-likeness (QED) is 0.802. The summed E-state index contributed by atoms with van der Waals surface area (Å²) < 4.78 is 5.75. The summed E-state index contributed by atoms with van der Waals surface area (Å²) in [6, 6.07) is 16.8. The molecule has 0 bridgehead atoms. The van der Waals surface area contributed by atoms with Crippen LogP contribution >= 0.6 is 0 Å². The number of carbonyl (C=O) groups is 1. The third kappa shape index (κ3) is 5.58. The Morgan fingerprint density at radius 1 is 1.10 bits per heavy atom. The molecule has 1 aliphatic rings. The molecule has 0 saturated carbocycles. The molecule has 0 radical (unpaired) electrons.